The minimum absolute atomic E-state index is 0.478. The summed E-state index contributed by atoms with van der Waals surface area (Å²) < 4.78 is 0.478. The first-order valence-electron chi connectivity index (χ1n) is 16.0. The van der Waals surface area contributed by atoms with Crippen LogP contribution in [0.5, 0.6) is 0 Å². The number of fused-ring (bicyclic) bond motifs is 15. The van der Waals surface area contributed by atoms with Gasteiger partial charge in [0.2, 0.25) is 0 Å². The van der Waals surface area contributed by atoms with Crippen LogP contribution < -0.4 is 0 Å². The van der Waals surface area contributed by atoms with Crippen molar-refractivity contribution in [1.82, 2.24) is 0 Å². The second-order valence-corrected chi connectivity index (χ2v) is 17.9. The van der Waals surface area contributed by atoms with Crippen molar-refractivity contribution in [3.05, 3.63) is 0 Å². The number of rotatable bonds is 4. The van der Waals surface area contributed by atoms with E-state index in [0.717, 1.165) is 88.8 Å². The lowest BCUT2D eigenvalue weighted by atomic mass is 9.20. The molecule has 0 aromatic carbocycles. The fourth-order valence-electron chi connectivity index (χ4n) is 16.2. The molecule has 0 amide bonds. The van der Waals surface area contributed by atoms with Crippen molar-refractivity contribution in [3.8, 4) is 0 Å². The molecule has 10 fully saturated rings. The Kier molecular flexibility index (Phi) is 3.23. The first kappa shape index (κ1) is 20.3. The predicted molar refractivity (Wildman–Crippen MR) is 140 cm³/mol. The second kappa shape index (κ2) is 5.41. The monoisotopic (exact) mass is 476 g/mol. The van der Waals surface area contributed by atoms with Crippen molar-refractivity contribution in [2.75, 3.05) is 0 Å². The molecule has 0 spiro atoms. The predicted octanol–water partition coefficient (Wildman–Crippen LogP) is 7.54. The standard InChI is InChI=1S/C33H48S/c1-7-13-12(3)20(25-21(13)22-15-9-16(15)23(22)25)30-29-19(11-32(29,6)31(30,4)5)26-14(8-2)27-24-17-10-18(17)28(24)33(26,27)34/h12-30,34H,7-11H2,1-6H3. The first-order chi connectivity index (χ1) is 16.2. The van der Waals surface area contributed by atoms with E-state index in [0.29, 0.717) is 15.6 Å². The SMILES string of the molecule is CCC1C(C)C(C2C3C(C4C(CC)C5C6C7CC7C6C45S)CC3(C)C2(C)C)C2C1C1C3CC3C12. The van der Waals surface area contributed by atoms with E-state index in [1.165, 1.54) is 36.5 Å². The molecule has 0 heterocycles. The Bertz CT molecular complexity index is 1010. The van der Waals surface area contributed by atoms with Crippen LogP contribution >= 0.6 is 12.6 Å². The summed E-state index contributed by atoms with van der Waals surface area (Å²) in [6, 6.07) is 0. The Morgan fingerprint density at radius 3 is 1.97 bits per heavy atom. The molecule has 0 radical (unpaired) electrons. The maximum absolute atomic E-state index is 5.70. The second-order valence-electron chi connectivity index (χ2n) is 17.1. The van der Waals surface area contributed by atoms with Crippen LogP contribution in [0.4, 0.5) is 0 Å². The molecule has 0 N–H and O–H groups in total. The Balaban J connectivity index is 1.01. The maximum Gasteiger partial charge on any atom is 0.0231 e. The number of hydrogen-bond donors (Lipinski definition) is 1. The van der Waals surface area contributed by atoms with Crippen LogP contribution in [0.3, 0.4) is 0 Å². The normalized spacial score (nSPS) is 77.9. The van der Waals surface area contributed by atoms with Crippen molar-refractivity contribution < 1.29 is 0 Å². The van der Waals surface area contributed by atoms with E-state index in [1.54, 1.807) is 19.3 Å². The van der Waals surface area contributed by atoms with E-state index < -0.39 is 0 Å². The van der Waals surface area contributed by atoms with Gasteiger partial charge in [0.1, 0.15) is 0 Å². The zero-order valence-electron chi connectivity index (χ0n) is 22.5. The van der Waals surface area contributed by atoms with E-state index >= 15 is 0 Å². The molecular weight excluding hydrogens is 428 g/mol. The molecule has 10 saturated carbocycles. The third-order valence-corrected chi connectivity index (χ3v) is 18.3. The van der Waals surface area contributed by atoms with Crippen molar-refractivity contribution >= 4 is 12.6 Å². The van der Waals surface area contributed by atoms with Crippen LogP contribution in [-0.2, 0) is 0 Å². The molecule has 0 bridgehead atoms. The lowest BCUT2D eigenvalue weighted by Crippen LogP contribution is -2.84. The quantitative estimate of drug-likeness (QED) is 0.398. The van der Waals surface area contributed by atoms with Gasteiger partial charge in [0.25, 0.3) is 0 Å². The van der Waals surface area contributed by atoms with Gasteiger partial charge in [-0.25, -0.2) is 0 Å². The molecule has 186 valence electrons. The van der Waals surface area contributed by atoms with Crippen molar-refractivity contribution in [3.63, 3.8) is 0 Å². The Morgan fingerprint density at radius 2 is 1.26 bits per heavy atom. The van der Waals surface area contributed by atoms with Crippen LogP contribution in [0, 0.1) is 123 Å². The zero-order valence-corrected chi connectivity index (χ0v) is 23.3. The molecule has 1 heteroatoms. The van der Waals surface area contributed by atoms with Gasteiger partial charge in [0.05, 0.1) is 0 Å². The Hall–Kier alpha value is 0.350. The van der Waals surface area contributed by atoms with Gasteiger partial charge < -0.3 is 0 Å². The molecule has 10 aliphatic carbocycles. The summed E-state index contributed by atoms with van der Waals surface area (Å²) >= 11 is 5.70. The number of hydrogen-bond acceptors (Lipinski definition) is 1. The van der Waals surface area contributed by atoms with E-state index in [-0.39, 0.29) is 0 Å². The number of thiol groups is 1. The highest BCUT2D eigenvalue weighted by molar-refractivity contribution is 7.82. The maximum atomic E-state index is 5.70. The summed E-state index contributed by atoms with van der Waals surface area (Å²) in [4.78, 5) is 0. The Labute approximate surface area is 214 Å². The highest BCUT2D eigenvalue weighted by atomic mass is 32.1. The van der Waals surface area contributed by atoms with Gasteiger partial charge in [-0.3, -0.25) is 0 Å². The van der Waals surface area contributed by atoms with Gasteiger partial charge in [-0.2, -0.15) is 12.6 Å². The van der Waals surface area contributed by atoms with E-state index in [2.05, 4.69) is 41.5 Å². The summed E-state index contributed by atoms with van der Waals surface area (Å²) in [5, 5.41) is 0. The van der Waals surface area contributed by atoms with Gasteiger partial charge in [-0.1, -0.05) is 54.4 Å². The van der Waals surface area contributed by atoms with Gasteiger partial charge >= 0.3 is 0 Å². The van der Waals surface area contributed by atoms with Crippen LogP contribution in [0.15, 0.2) is 0 Å². The zero-order chi connectivity index (χ0) is 23.0. The summed E-state index contributed by atoms with van der Waals surface area (Å²) in [5.74, 6) is 20.7. The van der Waals surface area contributed by atoms with Crippen LogP contribution in [0.25, 0.3) is 0 Å². The van der Waals surface area contributed by atoms with Gasteiger partial charge in [0.15, 0.2) is 0 Å². The molecule has 0 saturated heterocycles. The molecule has 10 rings (SSSR count). The Morgan fingerprint density at radius 1 is 0.618 bits per heavy atom. The molecule has 0 aliphatic heterocycles. The minimum atomic E-state index is 0.478. The molecule has 34 heavy (non-hydrogen) atoms. The first-order valence-corrected chi connectivity index (χ1v) is 16.4. The van der Waals surface area contributed by atoms with Crippen LogP contribution in [-0.4, -0.2) is 4.75 Å². The average molecular weight is 477 g/mol. The molecule has 10 aliphatic rings. The third-order valence-electron chi connectivity index (χ3n) is 17.4. The van der Waals surface area contributed by atoms with Crippen LogP contribution in [0.1, 0.15) is 73.6 Å². The highest BCUT2D eigenvalue weighted by Gasteiger charge is 2.89. The molecule has 0 aromatic rings. The van der Waals surface area contributed by atoms with E-state index in [1.807, 2.05) is 0 Å². The van der Waals surface area contributed by atoms with Crippen molar-refractivity contribution in [2.24, 2.45) is 123 Å². The fourth-order valence-corrected chi connectivity index (χ4v) is 17.4. The van der Waals surface area contributed by atoms with Crippen molar-refractivity contribution in [1.29, 1.82) is 0 Å². The highest BCUT2D eigenvalue weighted by Crippen LogP contribution is 2.92. The van der Waals surface area contributed by atoms with E-state index in [4.69, 9.17) is 12.6 Å². The minimum Gasteiger partial charge on any atom is -0.172 e. The summed E-state index contributed by atoms with van der Waals surface area (Å²) in [5.41, 5.74) is 1.19. The lowest BCUT2D eigenvalue weighted by molar-refractivity contribution is -0.355. The van der Waals surface area contributed by atoms with E-state index in [9.17, 15) is 0 Å². The molecular formula is C33H48S. The van der Waals surface area contributed by atoms with Gasteiger partial charge in [0, 0.05) is 4.75 Å². The van der Waals surface area contributed by atoms with Crippen molar-refractivity contribution in [2.45, 2.75) is 78.4 Å². The lowest BCUT2D eigenvalue weighted by Gasteiger charge is -2.86. The molecule has 21 unspecified atom stereocenters. The molecule has 0 aromatic heterocycles. The molecule has 0 nitrogen and oxygen atoms in total. The third kappa shape index (κ3) is 1.61. The van der Waals surface area contributed by atoms with Gasteiger partial charge in [-0.05, 0) is 143 Å². The molecule has 21 atom stereocenters. The largest absolute Gasteiger partial charge is 0.172 e. The smallest absolute Gasteiger partial charge is 0.0231 e. The summed E-state index contributed by atoms with van der Waals surface area (Å²) in [6.07, 6.45) is 7.68. The summed E-state index contributed by atoms with van der Waals surface area (Å²) in [6.45, 7) is 16.0. The fraction of sp³-hybridized carbons (Fsp3) is 1.00. The topological polar surface area (TPSA) is 0 Å². The van der Waals surface area contributed by atoms with Crippen LogP contribution in [0.2, 0.25) is 0 Å². The summed E-state index contributed by atoms with van der Waals surface area (Å²) in [7, 11) is 0. The van der Waals surface area contributed by atoms with Gasteiger partial charge in [-0.15, -0.1) is 0 Å². The average Bonchev–Trinajstić information content (AvgIpc) is 3.63.